The number of hydrogen-bond acceptors (Lipinski definition) is 3. The van der Waals surface area contributed by atoms with Crippen LogP contribution in [0, 0.1) is 11.8 Å². The molecular formula is C13H26N2O. The summed E-state index contributed by atoms with van der Waals surface area (Å²) in [4.78, 5) is 2.48. The molecule has 0 saturated carbocycles. The van der Waals surface area contributed by atoms with Gasteiger partial charge in [0.05, 0.1) is 6.61 Å². The minimum absolute atomic E-state index is 0.703. The molecule has 3 heteroatoms. The summed E-state index contributed by atoms with van der Waals surface area (Å²) in [5, 5.41) is 3.60. The van der Waals surface area contributed by atoms with Gasteiger partial charge >= 0.3 is 0 Å². The van der Waals surface area contributed by atoms with Gasteiger partial charge in [0.15, 0.2) is 0 Å². The van der Waals surface area contributed by atoms with Crippen molar-refractivity contribution in [2.45, 2.75) is 32.2 Å². The molecule has 3 unspecified atom stereocenters. The van der Waals surface area contributed by atoms with E-state index in [2.05, 4.69) is 24.2 Å². The molecule has 2 rings (SSSR count). The van der Waals surface area contributed by atoms with Gasteiger partial charge in [-0.15, -0.1) is 0 Å². The van der Waals surface area contributed by atoms with Crippen molar-refractivity contribution in [3.8, 4) is 0 Å². The van der Waals surface area contributed by atoms with Gasteiger partial charge in [-0.25, -0.2) is 0 Å². The maximum Gasteiger partial charge on any atom is 0.0506 e. The molecule has 2 aliphatic heterocycles. The van der Waals surface area contributed by atoms with Crippen LogP contribution in [0.25, 0.3) is 0 Å². The Labute approximate surface area is 99.5 Å². The molecule has 0 bridgehead atoms. The third-order valence-electron chi connectivity index (χ3n) is 4.03. The summed E-state index contributed by atoms with van der Waals surface area (Å²) >= 11 is 0. The van der Waals surface area contributed by atoms with Crippen molar-refractivity contribution in [3.05, 3.63) is 0 Å². The summed E-state index contributed by atoms with van der Waals surface area (Å²) in [7, 11) is 2.25. The molecule has 0 amide bonds. The third kappa shape index (κ3) is 3.44. The lowest BCUT2D eigenvalue weighted by Gasteiger charge is -2.29. The van der Waals surface area contributed by atoms with Crippen LogP contribution in [0.2, 0.25) is 0 Å². The molecular weight excluding hydrogens is 200 g/mol. The summed E-state index contributed by atoms with van der Waals surface area (Å²) in [5.74, 6) is 1.60. The highest BCUT2D eigenvalue weighted by atomic mass is 16.5. The zero-order valence-corrected chi connectivity index (χ0v) is 10.7. The Kier molecular flexibility index (Phi) is 4.62. The summed E-state index contributed by atoms with van der Waals surface area (Å²) in [6.45, 7) is 7.90. The fourth-order valence-corrected chi connectivity index (χ4v) is 2.95. The highest BCUT2D eigenvalue weighted by molar-refractivity contribution is 4.83. The predicted molar refractivity (Wildman–Crippen MR) is 66.6 cm³/mol. The normalized spacial score (nSPS) is 35.8. The molecule has 2 aliphatic rings. The topological polar surface area (TPSA) is 24.5 Å². The summed E-state index contributed by atoms with van der Waals surface area (Å²) in [6.07, 6.45) is 3.93. The first-order valence-corrected chi connectivity index (χ1v) is 6.75. The van der Waals surface area contributed by atoms with Gasteiger partial charge < -0.3 is 15.0 Å². The molecule has 3 nitrogen and oxygen atoms in total. The van der Waals surface area contributed by atoms with E-state index in [0.29, 0.717) is 6.04 Å². The molecule has 0 aromatic heterocycles. The van der Waals surface area contributed by atoms with Crippen LogP contribution in [0.5, 0.6) is 0 Å². The Hall–Kier alpha value is -0.120. The van der Waals surface area contributed by atoms with Crippen LogP contribution >= 0.6 is 0 Å². The van der Waals surface area contributed by atoms with E-state index in [4.69, 9.17) is 4.74 Å². The van der Waals surface area contributed by atoms with Crippen LogP contribution in [-0.4, -0.2) is 50.8 Å². The molecule has 3 atom stereocenters. The van der Waals surface area contributed by atoms with Crippen molar-refractivity contribution >= 4 is 0 Å². The minimum Gasteiger partial charge on any atom is -0.381 e. The van der Waals surface area contributed by atoms with Crippen molar-refractivity contribution in [1.82, 2.24) is 10.2 Å². The second-order valence-electron chi connectivity index (χ2n) is 5.63. The average Bonchev–Trinajstić information content (AvgIpc) is 2.66. The van der Waals surface area contributed by atoms with Gasteiger partial charge in [0, 0.05) is 25.7 Å². The van der Waals surface area contributed by atoms with Gasteiger partial charge in [-0.05, 0) is 44.7 Å². The molecule has 2 saturated heterocycles. The first-order chi connectivity index (χ1) is 7.75. The van der Waals surface area contributed by atoms with Gasteiger partial charge in [-0.1, -0.05) is 6.92 Å². The second kappa shape index (κ2) is 5.99. The predicted octanol–water partition coefficient (Wildman–Crippen LogP) is 1.34. The summed E-state index contributed by atoms with van der Waals surface area (Å²) in [6, 6.07) is 0.703. The lowest BCUT2D eigenvalue weighted by molar-refractivity contribution is 0.0407. The van der Waals surface area contributed by atoms with E-state index in [1.165, 1.54) is 38.9 Å². The van der Waals surface area contributed by atoms with Crippen LogP contribution in [0.4, 0.5) is 0 Å². The Balaban J connectivity index is 1.68. The maximum atomic E-state index is 5.53. The second-order valence-corrected chi connectivity index (χ2v) is 5.63. The van der Waals surface area contributed by atoms with E-state index in [1.54, 1.807) is 0 Å². The van der Waals surface area contributed by atoms with Crippen molar-refractivity contribution in [3.63, 3.8) is 0 Å². The van der Waals surface area contributed by atoms with E-state index < -0.39 is 0 Å². The minimum atomic E-state index is 0.703. The van der Waals surface area contributed by atoms with Crippen molar-refractivity contribution in [1.29, 1.82) is 0 Å². The molecule has 2 heterocycles. The van der Waals surface area contributed by atoms with E-state index in [9.17, 15) is 0 Å². The molecule has 16 heavy (non-hydrogen) atoms. The lowest BCUT2D eigenvalue weighted by Crippen LogP contribution is -2.41. The fourth-order valence-electron chi connectivity index (χ4n) is 2.95. The van der Waals surface area contributed by atoms with E-state index >= 15 is 0 Å². The number of hydrogen-bond donors (Lipinski definition) is 1. The van der Waals surface area contributed by atoms with Crippen molar-refractivity contribution in [2.75, 3.05) is 39.9 Å². The smallest absolute Gasteiger partial charge is 0.0506 e. The van der Waals surface area contributed by atoms with Gasteiger partial charge in [-0.3, -0.25) is 0 Å². The van der Waals surface area contributed by atoms with Gasteiger partial charge in [0.1, 0.15) is 0 Å². The quantitative estimate of drug-likeness (QED) is 0.783. The average molecular weight is 226 g/mol. The molecule has 0 aromatic rings. The number of likely N-dealkylation sites (N-methyl/N-ethyl adjacent to an activating group) is 1. The van der Waals surface area contributed by atoms with Crippen LogP contribution in [0.3, 0.4) is 0 Å². The van der Waals surface area contributed by atoms with Gasteiger partial charge in [-0.2, -0.15) is 0 Å². The zero-order chi connectivity index (χ0) is 11.4. The highest BCUT2D eigenvalue weighted by Gasteiger charge is 2.24. The zero-order valence-electron chi connectivity index (χ0n) is 10.7. The van der Waals surface area contributed by atoms with Crippen LogP contribution in [0.15, 0.2) is 0 Å². The van der Waals surface area contributed by atoms with Crippen molar-refractivity contribution < 1.29 is 4.74 Å². The maximum absolute atomic E-state index is 5.53. The van der Waals surface area contributed by atoms with E-state index in [1.807, 2.05) is 0 Å². The summed E-state index contributed by atoms with van der Waals surface area (Å²) < 4.78 is 5.53. The number of nitrogens with zero attached hydrogens (tertiary/aromatic N) is 1. The number of ether oxygens (including phenoxy) is 1. The molecule has 94 valence electrons. The first-order valence-electron chi connectivity index (χ1n) is 6.75. The molecule has 0 aromatic carbocycles. The number of rotatable bonds is 4. The molecule has 0 spiro atoms. The van der Waals surface area contributed by atoms with Crippen LogP contribution < -0.4 is 5.32 Å². The van der Waals surface area contributed by atoms with E-state index in [0.717, 1.165) is 25.0 Å². The Bertz CT molecular complexity index is 204. The molecule has 1 N–H and O–H groups in total. The van der Waals surface area contributed by atoms with Gasteiger partial charge in [0.2, 0.25) is 0 Å². The lowest BCUT2D eigenvalue weighted by atomic mass is 10.00. The Morgan fingerprint density at radius 3 is 2.81 bits per heavy atom. The van der Waals surface area contributed by atoms with Crippen LogP contribution in [0.1, 0.15) is 26.2 Å². The van der Waals surface area contributed by atoms with E-state index in [-0.39, 0.29) is 0 Å². The third-order valence-corrected chi connectivity index (χ3v) is 4.03. The summed E-state index contributed by atoms with van der Waals surface area (Å²) in [5.41, 5.74) is 0. The van der Waals surface area contributed by atoms with Crippen LogP contribution in [-0.2, 0) is 4.74 Å². The molecule has 0 radical (unpaired) electrons. The largest absolute Gasteiger partial charge is 0.381 e. The first kappa shape index (κ1) is 12.3. The SMILES string of the molecule is CC1CCNC1CN(C)CC1CCCOC1. The van der Waals surface area contributed by atoms with Crippen molar-refractivity contribution in [2.24, 2.45) is 11.8 Å². The van der Waals surface area contributed by atoms with Gasteiger partial charge in [0.25, 0.3) is 0 Å². The highest BCUT2D eigenvalue weighted by Crippen LogP contribution is 2.17. The molecule has 2 fully saturated rings. The molecule has 0 aliphatic carbocycles. The fraction of sp³-hybridized carbons (Fsp3) is 1.00. The number of nitrogens with one attached hydrogen (secondary N) is 1. The Morgan fingerprint density at radius 2 is 2.19 bits per heavy atom. The monoisotopic (exact) mass is 226 g/mol. The Morgan fingerprint density at radius 1 is 1.31 bits per heavy atom. The standard InChI is InChI=1S/C13H26N2O/c1-11-5-6-14-13(11)9-15(2)8-12-4-3-7-16-10-12/h11-14H,3-10H2,1-2H3.